The van der Waals surface area contributed by atoms with Gasteiger partial charge in [0.15, 0.2) is 0 Å². The number of fused-ring (bicyclic) bond motifs is 2. The topological polar surface area (TPSA) is 32.3 Å². The van der Waals surface area contributed by atoms with Crippen molar-refractivity contribution in [3.05, 3.63) is 94.2 Å². The van der Waals surface area contributed by atoms with Crippen LogP contribution in [-0.4, -0.2) is 29.3 Å². The second kappa shape index (κ2) is 8.97. The minimum absolute atomic E-state index is 0.141. The van der Waals surface area contributed by atoms with Crippen molar-refractivity contribution in [2.75, 3.05) is 13.1 Å². The smallest absolute Gasteiger partial charge is 0.286 e. The van der Waals surface area contributed by atoms with Crippen molar-refractivity contribution in [2.45, 2.75) is 36.6 Å². The normalized spacial score (nSPS) is 20.4. The zero-order chi connectivity index (χ0) is 21.2. The molecular formula is C26H25ClN2OS. The number of piperidine rings is 1. The van der Waals surface area contributed by atoms with Gasteiger partial charge in [-0.1, -0.05) is 47.5 Å². The van der Waals surface area contributed by atoms with E-state index in [9.17, 15) is 4.79 Å². The van der Waals surface area contributed by atoms with Crippen LogP contribution in [0.25, 0.3) is 5.57 Å². The van der Waals surface area contributed by atoms with Gasteiger partial charge in [0.2, 0.25) is 0 Å². The summed E-state index contributed by atoms with van der Waals surface area (Å²) in [6, 6.07) is 16.4. The lowest BCUT2D eigenvalue weighted by molar-refractivity contribution is 0.219. The highest BCUT2D eigenvalue weighted by atomic mass is 35.5. The molecule has 2 aromatic rings. The second-order valence-corrected chi connectivity index (χ2v) is 9.65. The molecule has 2 aromatic carbocycles. The van der Waals surface area contributed by atoms with E-state index in [1.165, 1.54) is 39.6 Å². The molecule has 31 heavy (non-hydrogen) atoms. The van der Waals surface area contributed by atoms with E-state index in [1.807, 2.05) is 47.5 Å². The van der Waals surface area contributed by atoms with Crippen molar-refractivity contribution in [3.8, 4) is 0 Å². The fourth-order valence-corrected chi connectivity index (χ4v) is 5.77. The number of allylic oxidation sites excluding steroid dienone is 2. The average Bonchev–Trinajstić information content (AvgIpc) is 2.96. The first-order valence-corrected chi connectivity index (χ1v) is 12.0. The van der Waals surface area contributed by atoms with E-state index in [4.69, 9.17) is 11.6 Å². The van der Waals surface area contributed by atoms with Crippen LogP contribution in [0.15, 0.2) is 82.9 Å². The van der Waals surface area contributed by atoms with Crippen molar-refractivity contribution >= 4 is 34.2 Å². The largest absolute Gasteiger partial charge is 0.380 e. The quantitative estimate of drug-likeness (QED) is 0.508. The van der Waals surface area contributed by atoms with Crippen molar-refractivity contribution < 1.29 is 4.79 Å². The number of halogens is 1. The molecule has 5 rings (SSSR count). The number of benzene rings is 2. The number of thioether (sulfide) groups is 1. The molecule has 0 aromatic heterocycles. The summed E-state index contributed by atoms with van der Waals surface area (Å²) < 4.78 is 0. The van der Waals surface area contributed by atoms with Gasteiger partial charge in [-0.3, -0.25) is 4.79 Å². The Labute approximate surface area is 192 Å². The number of likely N-dealkylation sites (tertiary alicyclic amines) is 1. The van der Waals surface area contributed by atoms with Gasteiger partial charge in [0.1, 0.15) is 0 Å². The second-order valence-electron chi connectivity index (χ2n) is 8.19. The zero-order valence-electron chi connectivity index (χ0n) is 17.3. The molecule has 1 atom stereocenters. The number of nitrogens with zero attached hydrogens (tertiary/aromatic N) is 1. The van der Waals surface area contributed by atoms with Gasteiger partial charge in [0.05, 0.1) is 6.04 Å². The number of dihydropyridines is 1. The lowest BCUT2D eigenvalue weighted by Gasteiger charge is -2.33. The highest BCUT2D eigenvalue weighted by molar-refractivity contribution is 8.13. The standard InChI is InChI=1S/C26H25ClN2OS/c27-21-10-11-23-20(17-21)9-8-19-5-4-14-28-25(19)24(23)18-12-15-29(16-13-18)26(30)31-22-6-2-1-3-7-22/h1-7,10-11,14,17,25,28H,8-9,12-13,15-16H2. The van der Waals surface area contributed by atoms with E-state index in [2.05, 4.69) is 29.6 Å². The fraction of sp³-hybridized carbons (Fsp3) is 0.269. The summed E-state index contributed by atoms with van der Waals surface area (Å²) in [4.78, 5) is 15.8. The molecule has 1 amide bonds. The van der Waals surface area contributed by atoms with E-state index < -0.39 is 0 Å². The molecule has 2 heterocycles. The van der Waals surface area contributed by atoms with Crippen molar-refractivity contribution in [1.82, 2.24) is 10.2 Å². The molecule has 1 unspecified atom stereocenters. The van der Waals surface area contributed by atoms with Crippen LogP contribution in [0.2, 0.25) is 5.02 Å². The summed E-state index contributed by atoms with van der Waals surface area (Å²) in [7, 11) is 0. The molecule has 3 nitrogen and oxygen atoms in total. The predicted molar refractivity (Wildman–Crippen MR) is 129 cm³/mol. The van der Waals surface area contributed by atoms with Crippen LogP contribution in [0.4, 0.5) is 4.79 Å². The van der Waals surface area contributed by atoms with Crippen LogP contribution in [0.5, 0.6) is 0 Å². The van der Waals surface area contributed by atoms with Gasteiger partial charge in [-0.2, -0.15) is 0 Å². The molecule has 5 heteroatoms. The minimum atomic E-state index is 0.141. The minimum Gasteiger partial charge on any atom is -0.380 e. The summed E-state index contributed by atoms with van der Waals surface area (Å²) in [6.45, 7) is 1.53. The Morgan fingerprint density at radius 1 is 1.03 bits per heavy atom. The van der Waals surface area contributed by atoms with Crippen LogP contribution in [0.1, 0.15) is 30.4 Å². The molecule has 0 radical (unpaired) electrons. The summed E-state index contributed by atoms with van der Waals surface area (Å²) >= 11 is 7.66. The van der Waals surface area contributed by atoms with Gasteiger partial charge in [0.25, 0.3) is 5.24 Å². The molecule has 1 saturated heterocycles. The van der Waals surface area contributed by atoms with Gasteiger partial charge < -0.3 is 10.2 Å². The van der Waals surface area contributed by atoms with Crippen molar-refractivity contribution in [2.24, 2.45) is 0 Å². The zero-order valence-corrected chi connectivity index (χ0v) is 18.9. The van der Waals surface area contributed by atoms with Gasteiger partial charge in [0, 0.05) is 23.0 Å². The Hall–Kier alpha value is -2.43. The van der Waals surface area contributed by atoms with E-state index in [-0.39, 0.29) is 11.3 Å². The van der Waals surface area contributed by atoms with E-state index in [1.54, 1.807) is 0 Å². The molecule has 1 N–H and O–H groups in total. The van der Waals surface area contributed by atoms with E-state index in [0.29, 0.717) is 0 Å². The monoisotopic (exact) mass is 448 g/mol. The maximum atomic E-state index is 12.8. The highest BCUT2D eigenvalue weighted by Gasteiger charge is 2.30. The molecule has 1 fully saturated rings. The maximum Gasteiger partial charge on any atom is 0.286 e. The first kappa shape index (κ1) is 20.5. The Morgan fingerprint density at radius 2 is 1.84 bits per heavy atom. The summed E-state index contributed by atoms with van der Waals surface area (Å²) in [5.74, 6) is 0. The highest BCUT2D eigenvalue weighted by Crippen LogP contribution is 2.40. The first-order chi connectivity index (χ1) is 15.2. The molecular weight excluding hydrogens is 424 g/mol. The Balaban J connectivity index is 1.41. The lowest BCUT2D eigenvalue weighted by atomic mass is 9.85. The molecule has 158 valence electrons. The molecule has 1 aliphatic carbocycles. The third-order valence-corrected chi connectivity index (χ3v) is 7.50. The number of hydrogen-bond acceptors (Lipinski definition) is 3. The van der Waals surface area contributed by atoms with Crippen LogP contribution in [0.3, 0.4) is 0 Å². The molecule has 0 bridgehead atoms. The van der Waals surface area contributed by atoms with Gasteiger partial charge in [-0.25, -0.2) is 0 Å². The third-order valence-electron chi connectivity index (χ3n) is 6.32. The summed E-state index contributed by atoms with van der Waals surface area (Å²) in [5.41, 5.74) is 6.91. The van der Waals surface area contributed by atoms with Crippen molar-refractivity contribution in [3.63, 3.8) is 0 Å². The predicted octanol–water partition coefficient (Wildman–Crippen LogP) is 6.46. The lowest BCUT2D eigenvalue weighted by Crippen LogP contribution is -2.36. The number of carbonyl (C=O) groups excluding carboxylic acids is 1. The van der Waals surface area contributed by atoms with Crippen LogP contribution >= 0.6 is 23.4 Å². The van der Waals surface area contributed by atoms with Gasteiger partial charge in [-0.05, 0) is 96.3 Å². The number of carbonyl (C=O) groups is 1. The summed E-state index contributed by atoms with van der Waals surface area (Å²) in [5, 5.41) is 4.55. The maximum absolute atomic E-state index is 12.8. The molecule has 2 aliphatic heterocycles. The molecule has 0 saturated carbocycles. The van der Waals surface area contributed by atoms with E-state index >= 15 is 0 Å². The Bertz CT molecular complexity index is 1080. The van der Waals surface area contributed by atoms with Gasteiger partial charge in [-0.15, -0.1) is 0 Å². The van der Waals surface area contributed by atoms with Crippen LogP contribution < -0.4 is 5.32 Å². The fourth-order valence-electron chi connectivity index (χ4n) is 4.77. The SMILES string of the molecule is O=C(Sc1ccccc1)N1CCC(=C2c3ccc(Cl)cc3CCC3=CC=CNC32)CC1. The number of hydrogen-bond donors (Lipinski definition) is 1. The number of rotatable bonds is 1. The number of aryl methyl sites for hydroxylation is 1. The van der Waals surface area contributed by atoms with Crippen LogP contribution in [0, 0.1) is 0 Å². The molecule has 3 aliphatic rings. The van der Waals surface area contributed by atoms with E-state index in [0.717, 1.165) is 48.7 Å². The van der Waals surface area contributed by atoms with Crippen LogP contribution in [-0.2, 0) is 6.42 Å². The molecule has 0 spiro atoms. The first-order valence-electron chi connectivity index (χ1n) is 10.8. The number of nitrogens with one attached hydrogen (secondary N) is 1. The Morgan fingerprint density at radius 3 is 2.65 bits per heavy atom. The number of amides is 1. The van der Waals surface area contributed by atoms with Gasteiger partial charge >= 0.3 is 0 Å². The third kappa shape index (κ3) is 4.32. The summed E-state index contributed by atoms with van der Waals surface area (Å²) in [6.07, 6.45) is 10.3. The average molecular weight is 449 g/mol. The van der Waals surface area contributed by atoms with Crippen molar-refractivity contribution in [1.29, 1.82) is 0 Å². The Kier molecular flexibility index (Phi) is 5.93.